The minimum atomic E-state index is -4.78. The van der Waals surface area contributed by atoms with E-state index in [9.17, 15) is 17.6 Å². The van der Waals surface area contributed by atoms with Crippen molar-refractivity contribution in [1.29, 1.82) is 0 Å². The number of alkyl halides is 3. The van der Waals surface area contributed by atoms with Gasteiger partial charge in [-0.15, -0.1) is 0 Å². The Labute approximate surface area is 127 Å². The maximum absolute atomic E-state index is 13.4. The van der Waals surface area contributed by atoms with Crippen LogP contribution in [0.5, 0.6) is 0 Å². The van der Waals surface area contributed by atoms with Crippen LogP contribution in [0.1, 0.15) is 5.56 Å². The maximum atomic E-state index is 13.4. The molecule has 114 valence electrons. The second kappa shape index (κ2) is 4.95. The Morgan fingerprint density at radius 2 is 1.86 bits per heavy atom. The van der Waals surface area contributed by atoms with Gasteiger partial charge in [-0.3, -0.25) is 0 Å². The first-order chi connectivity index (χ1) is 10.3. The predicted octanol–water partition coefficient (Wildman–Crippen LogP) is 4.45. The third-order valence-electron chi connectivity index (χ3n) is 3.24. The first-order valence-corrected chi connectivity index (χ1v) is 6.51. The molecule has 0 radical (unpaired) electrons. The van der Waals surface area contributed by atoms with E-state index in [1.165, 1.54) is 6.07 Å². The summed E-state index contributed by atoms with van der Waals surface area (Å²) in [4.78, 5) is 8.02. The number of hydrogen-bond acceptors (Lipinski definition) is 2. The van der Waals surface area contributed by atoms with Gasteiger partial charge in [-0.1, -0.05) is 0 Å². The number of nitrogens with zero attached hydrogens (tertiary/aromatic N) is 3. The summed E-state index contributed by atoms with van der Waals surface area (Å²) < 4.78 is 53.6. The predicted molar refractivity (Wildman–Crippen MR) is 73.9 cm³/mol. The number of halogens is 5. The molecule has 1 aromatic carbocycles. The van der Waals surface area contributed by atoms with Crippen molar-refractivity contribution in [3.63, 3.8) is 0 Å². The van der Waals surface area contributed by atoms with Gasteiger partial charge in [0.15, 0.2) is 0 Å². The molecule has 0 bridgehead atoms. The molecule has 3 aromatic rings. The van der Waals surface area contributed by atoms with Crippen LogP contribution in [0.2, 0.25) is 5.28 Å². The number of aryl methyl sites for hydroxylation is 1. The smallest absolute Gasteiger partial charge is 0.335 e. The van der Waals surface area contributed by atoms with Crippen LogP contribution in [-0.4, -0.2) is 14.5 Å². The average molecular weight is 330 g/mol. The molecule has 0 fully saturated rings. The third-order valence-corrected chi connectivity index (χ3v) is 3.41. The van der Waals surface area contributed by atoms with Gasteiger partial charge < -0.3 is 4.57 Å². The van der Waals surface area contributed by atoms with E-state index in [-0.39, 0.29) is 16.5 Å². The number of rotatable bonds is 1. The molecule has 8 heteroatoms. The molecule has 0 saturated carbocycles. The summed E-state index contributed by atoms with van der Waals surface area (Å²) in [5, 5.41) is 0.439. The van der Waals surface area contributed by atoms with Crippen LogP contribution in [0.15, 0.2) is 30.5 Å². The molecule has 3 nitrogen and oxygen atoms in total. The molecule has 0 saturated heterocycles. The summed E-state index contributed by atoms with van der Waals surface area (Å²) in [5.41, 5.74) is -0.521. The van der Waals surface area contributed by atoms with E-state index < -0.39 is 17.6 Å². The van der Waals surface area contributed by atoms with E-state index in [1.807, 2.05) is 0 Å². The molecule has 0 unspecified atom stereocenters. The molecular weight excluding hydrogens is 322 g/mol. The Bertz CT molecular complexity index is 870. The molecule has 0 amide bonds. The Morgan fingerprint density at radius 1 is 1.14 bits per heavy atom. The third kappa shape index (κ3) is 2.41. The summed E-state index contributed by atoms with van der Waals surface area (Å²) in [5.74, 6) is -1.33. The lowest BCUT2D eigenvalue weighted by molar-refractivity contribution is -0.139. The van der Waals surface area contributed by atoms with E-state index in [4.69, 9.17) is 11.6 Å². The minimum absolute atomic E-state index is 0.0952. The molecule has 0 aliphatic heterocycles. The van der Waals surface area contributed by atoms with Crippen LogP contribution in [0.4, 0.5) is 17.6 Å². The van der Waals surface area contributed by atoms with E-state index in [0.29, 0.717) is 11.0 Å². The van der Waals surface area contributed by atoms with Crippen LogP contribution in [0, 0.1) is 5.82 Å². The topological polar surface area (TPSA) is 30.7 Å². The fraction of sp³-hybridized carbons (Fsp3) is 0.143. The highest BCUT2D eigenvalue weighted by Crippen LogP contribution is 2.35. The summed E-state index contributed by atoms with van der Waals surface area (Å²) in [6.45, 7) is 0. The second-order valence-corrected chi connectivity index (χ2v) is 5.04. The quantitative estimate of drug-likeness (QED) is 0.488. The Morgan fingerprint density at radius 3 is 2.55 bits per heavy atom. The van der Waals surface area contributed by atoms with Crippen LogP contribution in [-0.2, 0) is 13.2 Å². The number of benzene rings is 1. The largest absolute Gasteiger partial charge is 0.419 e. The van der Waals surface area contributed by atoms with Crippen LogP contribution < -0.4 is 0 Å². The second-order valence-electron chi connectivity index (χ2n) is 4.70. The number of hydrogen-bond donors (Lipinski definition) is 0. The average Bonchev–Trinajstić information content (AvgIpc) is 2.79. The van der Waals surface area contributed by atoms with Crippen molar-refractivity contribution < 1.29 is 17.6 Å². The first-order valence-electron chi connectivity index (χ1n) is 6.13. The van der Waals surface area contributed by atoms with Crippen molar-refractivity contribution in [3.05, 3.63) is 47.1 Å². The Hall–Kier alpha value is -2.15. The van der Waals surface area contributed by atoms with Gasteiger partial charge >= 0.3 is 6.18 Å². The highest BCUT2D eigenvalue weighted by Gasteiger charge is 2.34. The minimum Gasteiger partial charge on any atom is -0.335 e. The molecular formula is C14H8ClF4N3. The van der Waals surface area contributed by atoms with Gasteiger partial charge in [-0.2, -0.15) is 18.2 Å². The maximum Gasteiger partial charge on any atom is 0.419 e. The van der Waals surface area contributed by atoms with Crippen molar-refractivity contribution in [2.24, 2.45) is 7.05 Å². The van der Waals surface area contributed by atoms with Gasteiger partial charge in [-0.05, 0) is 35.9 Å². The van der Waals surface area contributed by atoms with E-state index in [1.54, 1.807) is 23.9 Å². The molecule has 0 spiro atoms. The van der Waals surface area contributed by atoms with Crippen LogP contribution in [0.25, 0.3) is 22.3 Å². The van der Waals surface area contributed by atoms with E-state index in [2.05, 4.69) is 9.97 Å². The molecule has 0 aliphatic rings. The summed E-state index contributed by atoms with van der Waals surface area (Å²) in [6, 6.07) is 4.39. The van der Waals surface area contributed by atoms with Gasteiger partial charge in [0, 0.05) is 24.2 Å². The fourth-order valence-electron chi connectivity index (χ4n) is 2.22. The lowest BCUT2D eigenvalue weighted by atomic mass is 10.1. The van der Waals surface area contributed by atoms with Crippen molar-refractivity contribution in [1.82, 2.24) is 14.5 Å². The van der Waals surface area contributed by atoms with Crippen LogP contribution in [0.3, 0.4) is 0 Å². The SMILES string of the molecule is Cn1ccc2c(-c3ccc(F)c(C(F)(F)F)c3)nc(Cl)nc21. The monoisotopic (exact) mass is 329 g/mol. The summed E-state index contributed by atoms with van der Waals surface area (Å²) in [6.07, 6.45) is -3.10. The van der Waals surface area contributed by atoms with Gasteiger partial charge in [0.2, 0.25) is 5.28 Å². The van der Waals surface area contributed by atoms with Gasteiger partial charge in [0.1, 0.15) is 11.5 Å². The summed E-state index contributed by atoms with van der Waals surface area (Å²) >= 11 is 5.83. The van der Waals surface area contributed by atoms with Crippen molar-refractivity contribution in [2.45, 2.75) is 6.18 Å². The normalized spacial score (nSPS) is 12.1. The molecule has 2 heterocycles. The number of aromatic nitrogens is 3. The zero-order chi connectivity index (χ0) is 16.1. The molecule has 2 aromatic heterocycles. The van der Waals surface area contributed by atoms with E-state index in [0.717, 1.165) is 12.1 Å². The van der Waals surface area contributed by atoms with Crippen molar-refractivity contribution in [3.8, 4) is 11.3 Å². The number of fused-ring (bicyclic) bond motifs is 1. The molecule has 0 atom stereocenters. The van der Waals surface area contributed by atoms with Gasteiger partial charge in [0.05, 0.1) is 11.3 Å². The highest BCUT2D eigenvalue weighted by molar-refractivity contribution is 6.28. The fourth-order valence-corrected chi connectivity index (χ4v) is 2.38. The molecule has 22 heavy (non-hydrogen) atoms. The van der Waals surface area contributed by atoms with Crippen LogP contribution >= 0.6 is 11.6 Å². The van der Waals surface area contributed by atoms with Gasteiger partial charge in [-0.25, -0.2) is 9.37 Å². The standard InChI is InChI=1S/C14H8ClF4N3/c1-22-5-4-8-11(20-13(15)21-12(8)22)7-2-3-10(16)9(6-7)14(17,18)19/h2-6H,1H3. The van der Waals surface area contributed by atoms with Crippen molar-refractivity contribution in [2.75, 3.05) is 0 Å². The molecule has 0 N–H and O–H groups in total. The summed E-state index contributed by atoms with van der Waals surface area (Å²) in [7, 11) is 1.72. The zero-order valence-corrected chi connectivity index (χ0v) is 11.9. The Balaban J connectivity index is 2.28. The zero-order valence-electron chi connectivity index (χ0n) is 11.1. The molecule has 3 rings (SSSR count). The highest BCUT2D eigenvalue weighted by atomic mass is 35.5. The van der Waals surface area contributed by atoms with Gasteiger partial charge in [0.25, 0.3) is 0 Å². The molecule has 0 aliphatic carbocycles. The lowest BCUT2D eigenvalue weighted by Crippen LogP contribution is -2.08. The first kappa shape index (κ1) is 14.8. The van der Waals surface area contributed by atoms with E-state index >= 15 is 0 Å². The van der Waals surface area contributed by atoms with Crippen molar-refractivity contribution >= 4 is 22.6 Å². The Kier molecular flexibility index (Phi) is 3.32. The lowest BCUT2D eigenvalue weighted by Gasteiger charge is -2.10.